The minimum absolute atomic E-state index is 0.331. The second-order valence-electron chi connectivity index (χ2n) is 6.19. The number of amides is 1. The van der Waals surface area contributed by atoms with Crippen LogP contribution in [0, 0.1) is 18.8 Å². The normalized spacial score (nSPS) is 29.3. The molecule has 3 atom stereocenters. The first-order valence-corrected chi connectivity index (χ1v) is 7.32. The van der Waals surface area contributed by atoms with Crippen LogP contribution in [0.4, 0.5) is 5.82 Å². The van der Waals surface area contributed by atoms with Crippen LogP contribution in [0.25, 0.3) is 0 Å². The summed E-state index contributed by atoms with van der Waals surface area (Å²) in [5, 5.41) is 0. The molecule has 1 aromatic heterocycles. The quantitative estimate of drug-likeness (QED) is 0.844. The van der Waals surface area contributed by atoms with Crippen molar-refractivity contribution in [1.29, 1.82) is 0 Å². The number of aromatic nitrogens is 1. The Labute approximate surface area is 119 Å². The van der Waals surface area contributed by atoms with Gasteiger partial charge in [0.1, 0.15) is 5.82 Å². The molecule has 0 aromatic carbocycles. The van der Waals surface area contributed by atoms with Crippen LogP contribution < -0.4 is 16.4 Å². The lowest BCUT2D eigenvalue weighted by Crippen LogP contribution is -2.32. The number of nitrogens with two attached hydrogens (primary N) is 2. The SMILES string of the molecule is Cc1ccnc(N2C[C@H]3CCC(N)C[C@H]3C2)c1C(N)=O. The molecule has 1 saturated heterocycles. The van der Waals surface area contributed by atoms with E-state index >= 15 is 0 Å². The third-order valence-corrected chi connectivity index (χ3v) is 4.78. The van der Waals surface area contributed by atoms with Gasteiger partial charge in [0.25, 0.3) is 5.91 Å². The zero-order valence-corrected chi connectivity index (χ0v) is 11.9. The Balaban J connectivity index is 1.88. The summed E-state index contributed by atoms with van der Waals surface area (Å²) in [4.78, 5) is 18.3. The molecule has 0 bridgehead atoms. The molecule has 0 radical (unpaired) electrons. The van der Waals surface area contributed by atoms with Gasteiger partial charge in [-0.2, -0.15) is 0 Å². The van der Waals surface area contributed by atoms with Gasteiger partial charge in [-0.15, -0.1) is 0 Å². The van der Waals surface area contributed by atoms with Crippen LogP contribution in [0.2, 0.25) is 0 Å². The maximum atomic E-state index is 11.7. The Morgan fingerprint density at radius 2 is 2.10 bits per heavy atom. The van der Waals surface area contributed by atoms with E-state index in [1.54, 1.807) is 6.20 Å². The summed E-state index contributed by atoms with van der Waals surface area (Å²) in [5.74, 6) is 1.66. The predicted octanol–water partition coefficient (Wildman–Crippen LogP) is 1.05. The Kier molecular flexibility index (Phi) is 3.38. The first kappa shape index (κ1) is 13.4. The van der Waals surface area contributed by atoms with Gasteiger partial charge in [0.2, 0.25) is 0 Å². The molecule has 2 fully saturated rings. The van der Waals surface area contributed by atoms with Crippen molar-refractivity contribution in [3.63, 3.8) is 0 Å². The number of carbonyl (C=O) groups excluding carboxylic acids is 1. The zero-order chi connectivity index (χ0) is 14.3. The number of hydrogen-bond acceptors (Lipinski definition) is 4. The molecule has 2 aliphatic rings. The van der Waals surface area contributed by atoms with Crippen molar-refractivity contribution in [1.82, 2.24) is 4.98 Å². The molecule has 20 heavy (non-hydrogen) atoms. The third-order valence-electron chi connectivity index (χ3n) is 4.78. The Bertz CT molecular complexity index is 531. The lowest BCUT2D eigenvalue weighted by atomic mass is 9.79. The minimum atomic E-state index is -0.392. The number of carbonyl (C=O) groups is 1. The van der Waals surface area contributed by atoms with E-state index in [0.29, 0.717) is 23.4 Å². The van der Waals surface area contributed by atoms with Crippen LogP contribution in [0.15, 0.2) is 12.3 Å². The van der Waals surface area contributed by atoms with Crippen LogP contribution >= 0.6 is 0 Å². The fraction of sp³-hybridized carbons (Fsp3) is 0.600. The maximum absolute atomic E-state index is 11.7. The number of primary amides is 1. The summed E-state index contributed by atoms with van der Waals surface area (Å²) in [5.41, 5.74) is 13.1. The van der Waals surface area contributed by atoms with Gasteiger partial charge in [-0.05, 0) is 49.7 Å². The van der Waals surface area contributed by atoms with Crippen molar-refractivity contribution in [3.8, 4) is 0 Å². The van der Waals surface area contributed by atoms with Crippen LogP contribution in [-0.4, -0.2) is 30.0 Å². The van der Waals surface area contributed by atoms with Crippen molar-refractivity contribution in [2.24, 2.45) is 23.3 Å². The van der Waals surface area contributed by atoms with E-state index in [1.807, 2.05) is 13.0 Å². The minimum Gasteiger partial charge on any atom is -0.365 e. The Morgan fingerprint density at radius 1 is 1.35 bits per heavy atom. The topological polar surface area (TPSA) is 85.2 Å². The number of rotatable bonds is 2. The first-order valence-electron chi connectivity index (χ1n) is 7.32. The van der Waals surface area contributed by atoms with Crippen molar-refractivity contribution in [3.05, 3.63) is 23.4 Å². The van der Waals surface area contributed by atoms with Gasteiger partial charge in [0, 0.05) is 25.3 Å². The van der Waals surface area contributed by atoms with Crippen molar-refractivity contribution < 1.29 is 4.79 Å². The number of anilines is 1. The second kappa shape index (κ2) is 5.05. The molecular formula is C15H22N4O. The average molecular weight is 274 g/mol. The molecule has 108 valence electrons. The number of aryl methyl sites for hydroxylation is 1. The number of hydrogen-bond donors (Lipinski definition) is 2. The molecule has 1 aliphatic carbocycles. The average Bonchev–Trinajstić information content (AvgIpc) is 2.80. The Morgan fingerprint density at radius 3 is 2.85 bits per heavy atom. The van der Waals surface area contributed by atoms with E-state index in [0.717, 1.165) is 37.3 Å². The van der Waals surface area contributed by atoms with E-state index in [-0.39, 0.29) is 0 Å². The molecule has 5 nitrogen and oxygen atoms in total. The smallest absolute Gasteiger partial charge is 0.252 e. The van der Waals surface area contributed by atoms with E-state index in [9.17, 15) is 4.79 Å². The molecule has 1 aromatic rings. The van der Waals surface area contributed by atoms with Gasteiger partial charge < -0.3 is 16.4 Å². The lowest BCUT2D eigenvalue weighted by molar-refractivity contribution is 0.1000. The Hall–Kier alpha value is -1.62. The molecular weight excluding hydrogens is 252 g/mol. The second-order valence-corrected chi connectivity index (χ2v) is 6.19. The van der Waals surface area contributed by atoms with Crippen molar-refractivity contribution in [2.45, 2.75) is 32.2 Å². The van der Waals surface area contributed by atoms with Crippen LogP contribution in [0.3, 0.4) is 0 Å². The molecule has 4 N–H and O–H groups in total. The fourth-order valence-electron chi connectivity index (χ4n) is 3.73. The highest BCUT2D eigenvalue weighted by atomic mass is 16.1. The summed E-state index contributed by atoms with van der Waals surface area (Å²) in [6, 6.07) is 2.17. The molecule has 1 amide bonds. The standard InChI is InChI=1S/C15H22N4O/c1-9-4-5-18-15(13(9)14(17)20)19-7-10-2-3-12(16)6-11(10)8-19/h4-5,10-12H,2-3,6-8,16H2,1H3,(H2,17,20)/t10-,11+,12?/m1/s1. The monoisotopic (exact) mass is 274 g/mol. The highest BCUT2D eigenvalue weighted by molar-refractivity contribution is 5.99. The van der Waals surface area contributed by atoms with Crippen molar-refractivity contribution in [2.75, 3.05) is 18.0 Å². The van der Waals surface area contributed by atoms with Gasteiger partial charge >= 0.3 is 0 Å². The van der Waals surface area contributed by atoms with Gasteiger partial charge in [0.05, 0.1) is 5.56 Å². The van der Waals surface area contributed by atoms with Gasteiger partial charge in [-0.25, -0.2) is 4.98 Å². The maximum Gasteiger partial charge on any atom is 0.252 e. The summed E-state index contributed by atoms with van der Waals surface area (Å²) in [6.45, 7) is 3.81. The van der Waals surface area contributed by atoms with Gasteiger partial charge in [0.15, 0.2) is 0 Å². The van der Waals surface area contributed by atoms with E-state index < -0.39 is 5.91 Å². The predicted molar refractivity (Wildman–Crippen MR) is 78.5 cm³/mol. The third kappa shape index (κ3) is 2.26. The fourth-order valence-corrected chi connectivity index (χ4v) is 3.73. The van der Waals surface area contributed by atoms with Gasteiger partial charge in [-0.1, -0.05) is 0 Å². The number of fused-ring (bicyclic) bond motifs is 1. The summed E-state index contributed by atoms with van der Waals surface area (Å²) < 4.78 is 0. The van der Waals surface area contributed by atoms with E-state index in [1.165, 1.54) is 6.42 Å². The van der Waals surface area contributed by atoms with E-state index in [4.69, 9.17) is 11.5 Å². The van der Waals surface area contributed by atoms with Gasteiger partial charge in [-0.3, -0.25) is 4.79 Å². The van der Waals surface area contributed by atoms with Crippen LogP contribution in [-0.2, 0) is 0 Å². The largest absolute Gasteiger partial charge is 0.365 e. The molecule has 2 heterocycles. The molecule has 1 unspecified atom stereocenters. The number of nitrogens with zero attached hydrogens (tertiary/aromatic N) is 2. The summed E-state index contributed by atoms with van der Waals surface area (Å²) in [7, 11) is 0. The van der Waals surface area contributed by atoms with Crippen LogP contribution in [0.5, 0.6) is 0 Å². The molecule has 5 heteroatoms. The highest BCUT2D eigenvalue weighted by Crippen LogP contribution is 2.38. The van der Waals surface area contributed by atoms with E-state index in [2.05, 4.69) is 9.88 Å². The molecule has 1 aliphatic heterocycles. The zero-order valence-electron chi connectivity index (χ0n) is 11.9. The first-order chi connectivity index (χ1) is 9.56. The lowest BCUT2D eigenvalue weighted by Gasteiger charge is -2.27. The summed E-state index contributed by atoms with van der Waals surface area (Å²) in [6.07, 6.45) is 5.13. The molecule has 1 saturated carbocycles. The highest BCUT2D eigenvalue weighted by Gasteiger charge is 2.38. The van der Waals surface area contributed by atoms with Crippen LogP contribution in [0.1, 0.15) is 35.2 Å². The van der Waals surface area contributed by atoms with Crippen molar-refractivity contribution >= 4 is 11.7 Å². The summed E-state index contributed by atoms with van der Waals surface area (Å²) >= 11 is 0. The molecule has 3 rings (SSSR count). The molecule has 0 spiro atoms. The number of pyridine rings is 1.